The van der Waals surface area contributed by atoms with Gasteiger partial charge in [0, 0.05) is 16.6 Å². The van der Waals surface area contributed by atoms with Gasteiger partial charge in [-0.15, -0.1) is 0 Å². The highest BCUT2D eigenvalue weighted by Gasteiger charge is 2.54. The summed E-state index contributed by atoms with van der Waals surface area (Å²) in [6.07, 6.45) is -0.151. The molecule has 2 unspecified atom stereocenters. The van der Waals surface area contributed by atoms with Crippen molar-refractivity contribution < 1.29 is 21.6 Å². The molecule has 17 heavy (non-hydrogen) atoms. The van der Waals surface area contributed by atoms with Gasteiger partial charge in [0.15, 0.2) is 9.84 Å². The molecule has 0 bridgehead atoms. The van der Waals surface area contributed by atoms with Crippen LogP contribution in [0.15, 0.2) is 23.1 Å². The Morgan fingerprint density at radius 3 is 2.35 bits per heavy atom. The average molecular weight is 380 g/mol. The van der Waals surface area contributed by atoms with Crippen LogP contribution in [0.25, 0.3) is 0 Å². The van der Waals surface area contributed by atoms with Crippen molar-refractivity contribution >= 4 is 32.4 Å². The molecule has 0 heterocycles. The van der Waals surface area contributed by atoms with Crippen LogP contribution in [0.4, 0.5) is 13.2 Å². The molecular weight excluding hydrogens is 368 g/mol. The minimum absolute atomic E-state index is 0.265. The quantitative estimate of drug-likeness (QED) is 0.545. The largest absolute Gasteiger partial charge is 0.398 e. The van der Waals surface area contributed by atoms with Crippen molar-refractivity contribution in [3.05, 3.63) is 23.1 Å². The van der Waals surface area contributed by atoms with Gasteiger partial charge < -0.3 is 0 Å². The maximum absolute atomic E-state index is 13.0. The first-order chi connectivity index (χ1) is 7.52. The van der Waals surface area contributed by atoms with Crippen molar-refractivity contribution in [3.8, 4) is 0 Å². The molecule has 0 radical (unpaired) electrons. The third-order valence-corrected chi connectivity index (χ3v) is 4.97. The Balaban J connectivity index is 3.35. The summed E-state index contributed by atoms with van der Waals surface area (Å²) in [6, 6.07) is 0. The molecule has 0 amide bonds. The molecule has 1 aliphatic rings. The number of halogens is 4. The molecule has 0 spiro atoms. The summed E-state index contributed by atoms with van der Waals surface area (Å²) < 4.78 is 62.0. The minimum Gasteiger partial charge on any atom is -0.224 e. The van der Waals surface area contributed by atoms with Gasteiger partial charge in [0.1, 0.15) is 0 Å². The highest BCUT2D eigenvalue weighted by molar-refractivity contribution is 14.1. The van der Waals surface area contributed by atoms with Crippen molar-refractivity contribution in [1.29, 1.82) is 0 Å². The fraction of sp³-hybridized carbons (Fsp3) is 0.600. The Morgan fingerprint density at radius 2 is 2.00 bits per heavy atom. The van der Waals surface area contributed by atoms with Gasteiger partial charge in [-0.3, -0.25) is 0 Å². The first kappa shape index (κ1) is 15.0. The van der Waals surface area contributed by atoms with Crippen LogP contribution < -0.4 is 0 Å². The van der Waals surface area contributed by atoms with E-state index in [9.17, 15) is 21.6 Å². The lowest BCUT2D eigenvalue weighted by molar-refractivity contribution is -0.209. The van der Waals surface area contributed by atoms with E-state index >= 15 is 0 Å². The SMILES string of the molecule is CC1(C(F)(F)F)C=C(S(C)(=O)=O)C=CC1CI. The Labute approximate surface area is 112 Å². The van der Waals surface area contributed by atoms with E-state index in [0.717, 1.165) is 19.3 Å². The van der Waals surface area contributed by atoms with Crippen molar-refractivity contribution in [2.45, 2.75) is 13.1 Å². The van der Waals surface area contributed by atoms with Crippen molar-refractivity contribution in [2.24, 2.45) is 11.3 Å². The van der Waals surface area contributed by atoms with Crippen molar-refractivity contribution in [1.82, 2.24) is 0 Å². The molecular formula is C10H12F3IO2S. The first-order valence-electron chi connectivity index (χ1n) is 4.76. The van der Waals surface area contributed by atoms with Crippen LogP contribution in [0.1, 0.15) is 6.92 Å². The van der Waals surface area contributed by atoms with E-state index in [1.165, 1.54) is 12.2 Å². The van der Waals surface area contributed by atoms with E-state index in [2.05, 4.69) is 0 Å². The second kappa shape index (κ2) is 4.56. The number of alkyl halides is 4. The zero-order chi connectivity index (χ0) is 13.5. The third kappa shape index (κ3) is 2.86. The van der Waals surface area contributed by atoms with Gasteiger partial charge in [0.25, 0.3) is 0 Å². The second-order valence-electron chi connectivity index (χ2n) is 4.22. The molecule has 0 aromatic rings. The van der Waals surface area contributed by atoms with E-state index in [4.69, 9.17) is 0 Å². The van der Waals surface area contributed by atoms with Gasteiger partial charge in [-0.1, -0.05) is 34.7 Å². The van der Waals surface area contributed by atoms with Crippen LogP contribution in [-0.4, -0.2) is 25.3 Å². The molecule has 0 aromatic carbocycles. The lowest BCUT2D eigenvalue weighted by Crippen LogP contribution is -2.42. The molecule has 2 atom stereocenters. The summed E-state index contributed by atoms with van der Waals surface area (Å²) in [5.74, 6) is -0.742. The van der Waals surface area contributed by atoms with Gasteiger partial charge in [-0.05, 0) is 13.0 Å². The maximum atomic E-state index is 13.0. The zero-order valence-electron chi connectivity index (χ0n) is 9.25. The van der Waals surface area contributed by atoms with E-state index < -0.39 is 27.3 Å². The van der Waals surface area contributed by atoms with Crippen LogP contribution in [0, 0.1) is 11.3 Å². The van der Waals surface area contributed by atoms with Crippen LogP contribution in [0.5, 0.6) is 0 Å². The van der Waals surface area contributed by atoms with Gasteiger partial charge in [0.2, 0.25) is 0 Å². The molecule has 0 N–H and O–H groups in total. The molecule has 2 nitrogen and oxygen atoms in total. The molecule has 1 aliphatic carbocycles. The third-order valence-electron chi connectivity index (χ3n) is 2.91. The van der Waals surface area contributed by atoms with E-state index in [1.807, 2.05) is 22.6 Å². The second-order valence-corrected chi connectivity index (χ2v) is 7.12. The average Bonchev–Trinajstić information content (AvgIpc) is 2.14. The number of rotatable bonds is 2. The Kier molecular flexibility index (Phi) is 4.03. The van der Waals surface area contributed by atoms with Gasteiger partial charge in [-0.25, -0.2) is 8.42 Å². The van der Waals surface area contributed by atoms with Gasteiger partial charge in [0.05, 0.1) is 10.3 Å². The molecule has 0 aliphatic heterocycles. The normalized spacial score (nSPS) is 30.2. The summed E-state index contributed by atoms with van der Waals surface area (Å²) in [7, 11) is -3.62. The summed E-state index contributed by atoms with van der Waals surface area (Å²) in [5, 5.41) is 0. The molecule has 0 saturated carbocycles. The number of sulfone groups is 1. The van der Waals surface area contributed by atoms with E-state index in [-0.39, 0.29) is 9.33 Å². The predicted octanol–water partition coefficient (Wildman–Crippen LogP) is 3.10. The van der Waals surface area contributed by atoms with Crippen LogP contribution >= 0.6 is 22.6 Å². The minimum atomic E-state index is -4.47. The summed E-state index contributed by atoms with van der Waals surface area (Å²) >= 11 is 1.87. The molecule has 0 aromatic heterocycles. The number of hydrogen-bond donors (Lipinski definition) is 0. The Morgan fingerprint density at radius 1 is 1.47 bits per heavy atom. The van der Waals surface area contributed by atoms with Crippen molar-refractivity contribution in [3.63, 3.8) is 0 Å². The smallest absolute Gasteiger partial charge is 0.224 e. The fourth-order valence-corrected chi connectivity index (χ4v) is 3.59. The van der Waals surface area contributed by atoms with E-state index in [0.29, 0.717) is 0 Å². The predicted molar refractivity (Wildman–Crippen MR) is 68.6 cm³/mol. The van der Waals surface area contributed by atoms with Crippen LogP contribution in [-0.2, 0) is 9.84 Å². The lowest BCUT2D eigenvalue weighted by Gasteiger charge is -2.37. The molecule has 1 rings (SSSR count). The Hall–Kier alpha value is -0.0500. The molecule has 0 saturated heterocycles. The Bertz CT molecular complexity index is 464. The first-order valence-corrected chi connectivity index (χ1v) is 8.18. The standard InChI is InChI=1S/C10H12F3IO2S/c1-9(10(11,12)13)5-8(17(2,15)16)4-3-7(9)6-14/h3-5,7H,6H2,1-2H3. The summed E-state index contributed by atoms with van der Waals surface area (Å²) in [6.45, 7) is 1.03. The van der Waals surface area contributed by atoms with E-state index in [1.54, 1.807) is 0 Å². The van der Waals surface area contributed by atoms with Crippen LogP contribution in [0.2, 0.25) is 0 Å². The highest BCUT2D eigenvalue weighted by atomic mass is 127. The topological polar surface area (TPSA) is 34.1 Å². The highest BCUT2D eigenvalue weighted by Crippen LogP contribution is 2.49. The summed E-state index contributed by atoms with van der Waals surface area (Å²) in [4.78, 5) is -0.265. The van der Waals surface area contributed by atoms with Crippen molar-refractivity contribution in [2.75, 3.05) is 10.7 Å². The monoisotopic (exact) mass is 380 g/mol. The van der Waals surface area contributed by atoms with Gasteiger partial charge >= 0.3 is 6.18 Å². The number of hydrogen-bond acceptors (Lipinski definition) is 2. The molecule has 0 fully saturated rings. The maximum Gasteiger partial charge on any atom is 0.398 e. The molecule has 7 heteroatoms. The zero-order valence-corrected chi connectivity index (χ0v) is 12.2. The molecule has 98 valence electrons. The van der Waals surface area contributed by atoms with Gasteiger partial charge in [-0.2, -0.15) is 13.2 Å². The summed E-state index contributed by atoms with van der Waals surface area (Å²) in [5.41, 5.74) is -2.12. The van der Waals surface area contributed by atoms with Crippen LogP contribution in [0.3, 0.4) is 0 Å². The number of allylic oxidation sites excluding steroid dienone is 3. The lowest BCUT2D eigenvalue weighted by atomic mass is 9.75. The fourth-order valence-electron chi connectivity index (χ4n) is 1.60.